The molecule has 1 heterocycles. The lowest BCUT2D eigenvalue weighted by Gasteiger charge is -2.05. The maximum absolute atomic E-state index is 4.66. The first-order valence-corrected chi connectivity index (χ1v) is 8.63. The molecule has 1 aromatic heterocycles. The van der Waals surface area contributed by atoms with Gasteiger partial charge in [0.25, 0.3) is 0 Å². The monoisotopic (exact) mass is 406 g/mol. The van der Waals surface area contributed by atoms with Crippen LogP contribution in [0.1, 0.15) is 11.1 Å². The number of thiazole rings is 1. The average Bonchev–Trinajstić information content (AvgIpc) is 2.92. The van der Waals surface area contributed by atoms with Crippen LogP contribution in [0.5, 0.6) is 0 Å². The number of halogens is 1. The van der Waals surface area contributed by atoms with Gasteiger partial charge in [-0.05, 0) is 71.8 Å². The first-order chi connectivity index (χ1) is 10.1. The van der Waals surface area contributed by atoms with Gasteiger partial charge in [-0.1, -0.05) is 18.2 Å². The van der Waals surface area contributed by atoms with E-state index in [9.17, 15) is 0 Å². The van der Waals surface area contributed by atoms with Gasteiger partial charge in [-0.25, -0.2) is 4.98 Å². The van der Waals surface area contributed by atoms with Crippen LogP contribution in [0, 0.1) is 17.4 Å². The van der Waals surface area contributed by atoms with E-state index in [1.807, 2.05) is 0 Å². The molecule has 0 aliphatic carbocycles. The molecule has 3 rings (SSSR count). The summed E-state index contributed by atoms with van der Waals surface area (Å²) in [6.45, 7) is 4.25. The van der Waals surface area contributed by atoms with Gasteiger partial charge in [-0.2, -0.15) is 0 Å². The van der Waals surface area contributed by atoms with Crippen molar-refractivity contribution >= 4 is 44.7 Å². The van der Waals surface area contributed by atoms with E-state index in [0.717, 1.165) is 22.1 Å². The fourth-order valence-electron chi connectivity index (χ4n) is 2.03. The highest BCUT2D eigenvalue weighted by molar-refractivity contribution is 14.1. The molecular weight excluding hydrogens is 391 g/mol. The number of hydrogen-bond acceptors (Lipinski definition) is 3. The smallest absolute Gasteiger partial charge is 0.187 e. The van der Waals surface area contributed by atoms with Crippen LogP contribution in [-0.2, 0) is 0 Å². The van der Waals surface area contributed by atoms with E-state index in [1.165, 1.54) is 14.7 Å². The van der Waals surface area contributed by atoms with Crippen LogP contribution in [0.25, 0.3) is 11.3 Å². The lowest BCUT2D eigenvalue weighted by Crippen LogP contribution is -1.91. The van der Waals surface area contributed by atoms with Crippen LogP contribution in [-0.4, -0.2) is 4.98 Å². The molecular formula is C17H15IN2S. The van der Waals surface area contributed by atoms with E-state index in [0.29, 0.717) is 0 Å². The van der Waals surface area contributed by atoms with Crippen LogP contribution in [0.2, 0.25) is 0 Å². The maximum Gasteiger partial charge on any atom is 0.187 e. The van der Waals surface area contributed by atoms with Crippen molar-refractivity contribution < 1.29 is 0 Å². The van der Waals surface area contributed by atoms with Gasteiger partial charge in [-0.15, -0.1) is 11.3 Å². The summed E-state index contributed by atoms with van der Waals surface area (Å²) in [4.78, 5) is 4.66. The van der Waals surface area contributed by atoms with Crippen molar-refractivity contribution in [2.75, 3.05) is 5.32 Å². The minimum atomic E-state index is 0.923. The fraction of sp³-hybridized carbons (Fsp3) is 0.118. The van der Waals surface area contributed by atoms with E-state index < -0.39 is 0 Å². The number of nitrogens with zero attached hydrogens (tertiary/aromatic N) is 1. The highest BCUT2D eigenvalue weighted by atomic mass is 127. The second kappa shape index (κ2) is 6.15. The molecule has 1 N–H and O–H groups in total. The molecule has 0 fully saturated rings. The second-order valence-corrected chi connectivity index (χ2v) is 7.07. The van der Waals surface area contributed by atoms with Gasteiger partial charge >= 0.3 is 0 Å². The van der Waals surface area contributed by atoms with Crippen molar-refractivity contribution in [3.8, 4) is 11.3 Å². The zero-order valence-corrected chi connectivity index (χ0v) is 14.8. The average molecular weight is 406 g/mol. The normalized spacial score (nSPS) is 10.6. The SMILES string of the molecule is Cc1ccc(Nc2nc(-c3ccc(I)cc3)cs2)cc1C. The number of hydrogen-bond donors (Lipinski definition) is 1. The van der Waals surface area contributed by atoms with Crippen molar-refractivity contribution in [3.63, 3.8) is 0 Å². The second-order valence-electron chi connectivity index (χ2n) is 4.97. The molecule has 0 spiro atoms. The van der Waals surface area contributed by atoms with Gasteiger partial charge in [0.2, 0.25) is 0 Å². The lowest BCUT2D eigenvalue weighted by atomic mass is 10.1. The number of anilines is 2. The Morgan fingerprint density at radius 1 is 1.00 bits per heavy atom. The number of rotatable bonds is 3. The fourth-order valence-corrected chi connectivity index (χ4v) is 3.13. The standard InChI is InChI=1S/C17H15IN2S/c1-11-3-8-15(9-12(11)2)19-17-20-16(10-21-17)13-4-6-14(18)7-5-13/h3-10H,1-2H3,(H,19,20). The molecule has 0 unspecified atom stereocenters. The predicted molar refractivity (Wildman–Crippen MR) is 99.5 cm³/mol. The summed E-state index contributed by atoms with van der Waals surface area (Å²) in [6.07, 6.45) is 0. The number of nitrogens with one attached hydrogen (secondary N) is 1. The zero-order chi connectivity index (χ0) is 14.8. The molecule has 0 aliphatic heterocycles. The minimum Gasteiger partial charge on any atom is -0.332 e. The predicted octanol–water partition coefficient (Wildman–Crippen LogP) is 5.78. The van der Waals surface area contributed by atoms with Gasteiger partial charge < -0.3 is 5.32 Å². The third-order valence-electron chi connectivity index (χ3n) is 3.40. The number of benzene rings is 2. The van der Waals surface area contributed by atoms with E-state index in [2.05, 4.69) is 94.6 Å². The summed E-state index contributed by atoms with van der Waals surface area (Å²) in [7, 11) is 0. The summed E-state index contributed by atoms with van der Waals surface area (Å²) in [5.41, 5.74) is 5.85. The molecule has 0 radical (unpaired) electrons. The Labute approximate surface area is 142 Å². The van der Waals surface area contributed by atoms with Crippen molar-refractivity contribution in [3.05, 3.63) is 62.5 Å². The Hall–Kier alpha value is -1.40. The van der Waals surface area contributed by atoms with Gasteiger partial charge in [0.05, 0.1) is 5.69 Å². The van der Waals surface area contributed by atoms with E-state index in [1.54, 1.807) is 11.3 Å². The van der Waals surface area contributed by atoms with Crippen LogP contribution in [0.15, 0.2) is 47.8 Å². The van der Waals surface area contributed by atoms with Gasteiger partial charge in [0.1, 0.15) is 0 Å². The maximum atomic E-state index is 4.66. The molecule has 0 aliphatic rings. The molecule has 106 valence electrons. The third-order valence-corrected chi connectivity index (χ3v) is 4.88. The van der Waals surface area contributed by atoms with Crippen LogP contribution in [0.4, 0.5) is 10.8 Å². The zero-order valence-electron chi connectivity index (χ0n) is 11.9. The van der Waals surface area contributed by atoms with Crippen molar-refractivity contribution in [2.45, 2.75) is 13.8 Å². The Balaban J connectivity index is 1.81. The summed E-state index contributed by atoms with van der Waals surface area (Å²) in [5, 5.41) is 6.39. The Morgan fingerprint density at radius 2 is 1.76 bits per heavy atom. The topological polar surface area (TPSA) is 24.9 Å². The minimum absolute atomic E-state index is 0.923. The van der Waals surface area contributed by atoms with E-state index >= 15 is 0 Å². The summed E-state index contributed by atoms with van der Waals surface area (Å²) in [5.74, 6) is 0. The highest BCUT2D eigenvalue weighted by Gasteiger charge is 2.05. The Bertz CT molecular complexity index is 763. The first-order valence-electron chi connectivity index (χ1n) is 6.67. The lowest BCUT2D eigenvalue weighted by molar-refractivity contribution is 1.32. The van der Waals surface area contributed by atoms with Gasteiger partial charge in [0, 0.05) is 20.2 Å². The molecule has 3 aromatic rings. The molecule has 21 heavy (non-hydrogen) atoms. The van der Waals surface area contributed by atoms with Gasteiger partial charge in [-0.3, -0.25) is 0 Å². The molecule has 0 amide bonds. The number of aryl methyl sites for hydroxylation is 2. The van der Waals surface area contributed by atoms with Crippen LogP contribution in [0.3, 0.4) is 0 Å². The summed E-state index contributed by atoms with van der Waals surface area (Å²) < 4.78 is 1.24. The molecule has 2 nitrogen and oxygen atoms in total. The Morgan fingerprint density at radius 3 is 2.48 bits per heavy atom. The molecule has 0 atom stereocenters. The summed E-state index contributed by atoms with van der Waals surface area (Å²) in [6, 6.07) is 14.8. The molecule has 4 heteroatoms. The quantitative estimate of drug-likeness (QED) is 0.559. The molecule has 0 saturated carbocycles. The molecule has 0 bridgehead atoms. The summed E-state index contributed by atoms with van der Waals surface area (Å²) >= 11 is 3.94. The van der Waals surface area contributed by atoms with E-state index in [-0.39, 0.29) is 0 Å². The highest BCUT2D eigenvalue weighted by Crippen LogP contribution is 2.28. The van der Waals surface area contributed by atoms with Crippen LogP contribution >= 0.6 is 33.9 Å². The first kappa shape index (κ1) is 14.5. The van der Waals surface area contributed by atoms with Crippen LogP contribution < -0.4 is 5.32 Å². The van der Waals surface area contributed by atoms with Gasteiger partial charge in [0.15, 0.2) is 5.13 Å². The van der Waals surface area contributed by atoms with Crippen molar-refractivity contribution in [1.82, 2.24) is 4.98 Å². The van der Waals surface area contributed by atoms with Crippen molar-refractivity contribution in [1.29, 1.82) is 0 Å². The van der Waals surface area contributed by atoms with Crippen molar-refractivity contribution in [2.24, 2.45) is 0 Å². The number of aromatic nitrogens is 1. The largest absolute Gasteiger partial charge is 0.332 e. The van der Waals surface area contributed by atoms with E-state index in [4.69, 9.17) is 0 Å². The Kier molecular flexibility index (Phi) is 4.26. The third kappa shape index (κ3) is 3.44. The molecule has 0 saturated heterocycles. The molecule has 2 aromatic carbocycles.